The van der Waals surface area contributed by atoms with Crippen LogP contribution in [0.2, 0.25) is 0 Å². The normalized spacial score (nSPS) is 11.7. The highest BCUT2D eigenvalue weighted by molar-refractivity contribution is 7.99. The molecular weight excluding hydrogens is 276 g/mol. The zero-order valence-corrected chi connectivity index (χ0v) is 12.5. The van der Waals surface area contributed by atoms with E-state index in [0.29, 0.717) is 22.1 Å². The second kappa shape index (κ2) is 4.82. The molecule has 0 saturated heterocycles. The minimum atomic E-state index is 0.384. The summed E-state index contributed by atoms with van der Waals surface area (Å²) < 4.78 is 3.26. The monoisotopic (exact) mass is 290 g/mol. The molecule has 104 valence electrons. The Kier molecular flexibility index (Phi) is 3.13. The van der Waals surface area contributed by atoms with Crippen molar-refractivity contribution >= 4 is 17.5 Å². The van der Waals surface area contributed by atoms with E-state index in [0.717, 1.165) is 11.4 Å². The average Bonchev–Trinajstić information content (AvgIpc) is 2.92. The van der Waals surface area contributed by atoms with Gasteiger partial charge in [0.1, 0.15) is 0 Å². The fourth-order valence-corrected chi connectivity index (χ4v) is 2.54. The SMILES string of the molecule is Cc1cc(C)n(-c2nnc3nnc(SC(C)C)n3n2)n1. The summed E-state index contributed by atoms with van der Waals surface area (Å²) in [6, 6.07) is 1.96. The van der Waals surface area contributed by atoms with Crippen LogP contribution in [0.5, 0.6) is 0 Å². The second-order valence-corrected chi connectivity index (χ2v) is 6.24. The standard InChI is InChI=1S/C11H14N8S/c1-6(2)20-11-15-13-9-12-14-10(17-19(9)11)18-8(4)5-7(3)16-18/h5-6H,1-4H3. The molecule has 0 aliphatic carbocycles. The van der Waals surface area contributed by atoms with Gasteiger partial charge < -0.3 is 0 Å². The van der Waals surface area contributed by atoms with Gasteiger partial charge in [-0.05, 0) is 19.9 Å². The predicted molar refractivity (Wildman–Crippen MR) is 74.0 cm³/mol. The van der Waals surface area contributed by atoms with Gasteiger partial charge in [-0.15, -0.1) is 25.5 Å². The number of rotatable bonds is 3. The van der Waals surface area contributed by atoms with Gasteiger partial charge in [-0.3, -0.25) is 0 Å². The van der Waals surface area contributed by atoms with Gasteiger partial charge in [0.15, 0.2) is 0 Å². The number of hydrogen-bond donors (Lipinski definition) is 0. The molecule has 3 aromatic rings. The van der Waals surface area contributed by atoms with Crippen LogP contribution in [0.25, 0.3) is 11.7 Å². The number of fused-ring (bicyclic) bond motifs is 1. The molecule has 9 heteroatoms. The number of aromatic nitrogens is 8. The van der Waals surface area contributed by atoms with E-state index >= 15 is 0 Å². The van der Waals surface area contributed by atoms with Crippen LogP contribution in [-0.4, -0.2) is 45.0 Å². The Hall–Kier alpha value is -2.03. The summed E-state index contributed by atoms with van der Waals surface area (Å²) in [5.74, 6) is 0.798. The number of thioether (sulfide) groups is 1. The van der Waals surface area contributed by atoms with E-state index in [-0.39, 0.29) is 0 Å². The summed E-state index contributed by atoms with van der Waals surface area (Å²) >= 11 is 1.58. The molecule has 0 atom stereocenters. The van der Waals surface area contributed by atoms with Gasteiger partial charge in [-0.25, -0.2) is 4.68 Å². The van der Waals surface area contributed by atoms with Crippen LogP contribution in [0.1, 0.15) is 25.2 Å². The lowest BCUT2D eigenvalue weighted by Crippen LogP contribution is -2.11. The van der Waals surface area contributed by atoms with Gasteiger partial charge >= 0.3 is 0 Å². The molecule has 0 fully saturated rings. The van der Waals surface area contributed by atoms with Gasteiger partial charge in [-0.2, -0.15) is 9.61 Å². The lowest BCUT2D eigenvalue weighted by atomic mass is 10.4. The first-order valence-electron chi connectivity index (χ1n) is 6.21. The Morgan fingerprint density at radius 1 is 1.05 bits per heavy atom. The molecule has 0 bridgehead atoms. The van der Waals surface area contributed by atoms with Crippen molar-refractivity contribution in [3.63, 3.8) is 0 Å². The first-order chi connectivity index (χ1) is 9.54. The zero-order valence-electron chi connectivity index (χ0n) is 11.6. The van der Waals surface area contributed by atoms with E-state index in [1.54, 1.807) is 21.0 Å². The molecule has 0 amide bonds. The Morgan fingerprint density at radius 2 is 1.80 bits per heavy atom. The quantitative estimate of drug-likeness (QED) is 0.670. The minimum absolute atomic E-state index is 0.384. The Labute approximate surface area is 119 Å². The first-order valence-corrected chi connectivity index (χ1v) is 7.09. The largest absolute Gasteiger partial charge is 0.291 e. The maximum Gasteiger partial charge on any atom is 0.291 e. The summed E-state index contributed by atoms with van der Waals surface area (Å²) in [6.45, 7) is 8.04. The molecule has 0 aliphatic rings. The highest BCUT2D eigenvalue weighted by Crippen LogP contribution is 2.20. The van der Waals surface area contributed by atoms with Crippen molar-refractivity contribution in [1.29, 1.82) is 0 Å². The zero-order chi connectivity index (χ0) is 14.3. The van der Waals surface area contributed by atoms with Crippen LogP contribution in [0.3, 0.4) is 0 Å². The van der Waals surface area contributed by atoms with Gasteiger partial charge in [-0.1, -0.05) is 25.6 Å². The first kappa shape index (κ1) is 13.0. The number of hydrogen-bond acceptors (Lipinski definition) is 7. The fraction of sp³-hybridized carbons (Fsp3) is 0.455. The van der Waals surface area contributed by atoms with Crippen LogP contribution in [0, 0.1) is 13.8 Å². The van der Waals surface area contributed by atoms with E-state index < -0.39 is 0 Å². The molecule has 0 aliphatic heterocycles. The molecule has 0 radical (unpaired) electrons. The Bertz CT molecular complexity index is 759. The summed E-state index contributed by atoms with van der Waals surface area (Å²) in [5, 5.41) is 26.0. The molecule has 0 saturated carbocycles. The number of aryl methyl sites for hydroxylation is 2. The molecule has 3 aromatic heterocycles. The van der Waals surface area contributed by atoms with Gasteiger partial charge in [0, 0.05) is 10.9 Å². The Balaban J connectivity index is 2.11. The Morgan fingerprint density at radius 3 is 2.45 bits per heavy atom. The van der Waals surface area contributed by atoms with E-state index in [4.69, 9.17) is 0 Å². The van der Waals surface area contributed by atoms with Crippen molar-refractivity contribution in [1.82, 2.24) is 39.8 Å². The summed E-state index contributed by atoms with van der Waals surface area (Å²) in [7, 11) is 0. The van der Waals surface area contributed by atoms with Gasteiger partial charge in [0.05, 0.1) is 5.69 Å². The predicted octanol–water partition coefficient (Wildman–Crippen LogP) is 1.22. The van der Waals surface area contributed by atoms with Crippen LogP contribution in [0.4, 0.5) is 0 Å². The molecule has 3 rings (SSSR count). The molecular formula is C11H14N8S. The van der Waals surface area contributed by atoms with Crippen molar-refractivity contribution in [2.24, 2.45) is 0 Å². The molecule has 0 aromatic carbocycles. The highest BCUT2D eigenvalue weighted by Gasteiger charge is 2.14. The maximum absolute atomic E-state index is 4.43. The molecule has 20 heavy (non-hydrogen) atoms. The van der Waals surface area contributed by atoms with Crippen molar-refractivity contribution in [2.75, 3.05) is 0 Å². The van der Waals surface area contributed by atoms with Crippen molar-refractivity contribution in [2.45, 2.75) is 38.1 Å². The molecule has 0 unspecified atom stereocenters. The third-order valence-corrected chi connectivity index (χ3v) is 3.49. The molecule has 3 heterocycles. The van der Waals surface area contributed by atoms with Crippen molar-refractivity contribution in [3.05, 3.63) is 17.5 Å². The van der Waals surface area contributed by atoms with Gasteiger partial charge in [0.25, 0.3) is 11.7 Å². The maximum atomic E-state index is 4.43. The van der Waals surface area contributed by atoms with E-state index in [1.165, 1.54) is 0 Å². The van der Waals surface area contributed by atoms with Crippen molar-refractivity contribution in [3.8, 4) is 5.95 Å². The summed E-state index contributed by atoms with van der Waals surface area (Å²) in [4.78, 5) is 0. The molecule has 0 N–H and O–H groups in total. The second-order valence-electron chi connectivity index (χ2n) is 4.70. The topological polar surface area (TPSA) is 86.7 Å². The van der Waals surface area contributed by atoms with Crippen LogP contribution in [-0.2, 0) is 0 Å². The van der Waals surface area contributed by atoms with Crippen molar-refractivity contribution < 1.29 is 0 Å². The fourth-order valence-electron chi connectivity index (χ4n) is 1.81. The van der Waals surface area contributed by atoms with Gasteiger partial charge in [0.2, 0.25) is 5.16 Å². The third-order valence-electron chi connectivity index (χ3n) is 2.55. The number of nitrogens with zero attached hydrogens (tertiary/aromatic N) is 8. The lowest BCUT2D eigenvalue weighted by molar-refractivity contribution is 0.676. The minimum Gasteiger partial charge on any atom is -0.200 e. The van der Waals surface area contributed by atoms with E-state index in [2.05, 4.69) is 44.4 Å². The average molecular weight is 290 g/mol. The molecule has 0 spiro atoms. The molecule has 8 nitrogen and oxygen atoms in total. The lowest BCUT2D eigenvalue weighted by Gasteiger charge is -2.03. The van der Waals surface area contributed by atoms with E-state index in [9.17, 15) is 0 Å². The highest BCUT2D eigenvalue weighted by atomic mass is 32.2. The summed E-state index contributed by atoms with van der Waals surface area (Å²) in [5.41, 5.74) is 1.86. The van der Waals surface area contributed by atoms with Crippen LogP contribution >= 0.6 is 11.8 Å². The third kappa shape index (κ3) is 2.24. The van der Waals surface area contributed by atoms with Crippen LogP contribution < -0.4 is 0 Å². The smallest absolute Gasteiger partial charge is 0.200 e. The van der Waals surface area contributed by atoms with E-state index in [1.807, 2.05) is 19.9 Å². The summed E-state index contributed by atoms with van der Waals surface area (Å²) in [6.07, 6.45) is 0. The van der Waals surface area contributed by atoms with Crippen LogP contribution in [0.15, 0.2) is 11.2 Å².